The number of anilines is 1. The lowest BCUT2D eigenvalue weighted by Crippen LogP contribution is -2.26. The smallest absolute Gasteiger partial charge is 0.233 e. The Morgan fingerprint density at radius 2 is 1.88 bits per heavy atom. The fourth-order valence-corrected chi connectivity index (χ4v) is 2.96. The summed E-state index contributed by atoms with van der Waals surface area (Å²) in [6.45, 7) is 2.55. The summed E-state index contributed by atoms with van der Waals surface area (Å²) >= 11 is 0. The third-order valence-electron chi connectivity index (χ3n) is 4.29. The summed E-state index contributed by atoms with van der Waals surface area (Å²) in [5.41, 5.74) is 5.96. The molecule has 3 heterocycles. The van der Waals surface area contributed by atoms with Crippen molar-refractivity contribution in [3.63, 3.8) is 0 Å². The quantitative estimate of drug-likeness (QED) is 0.742. The van der Waals surface area contributed by atoms with E-state index in [1.807, 2.05) is 24.4 Å². The normalized spacial score (nSPS) is 13.2. The van der Waals surface area contributed by atoms with Gasteiger partial charge in [-0.3, -0.25) is 14.8 Å². The van der Waals surface area contributed by atoms with E-state index in [9.17, 15) is 4.79 Å². The summed E-state index contributed by atoms with van der Waals surface area (Å²) < 4.78 is 0. The zero-order chi connectivity index (χ0) is 16.5. The Labute approximate surface area is 140 Å². The van der Waals surface area contributed by atoms with Crippen LogP contribution in [0.15, 0.2) is 60.9 Å². The molecule has 4 heteroatoms. The Bertz CT molecular complexity index is 889. The van der Waals surface area contributed by atoms with Crippen LogP contribution in [0, 0.1) is 6.92 Å². The largest absolute Gasteiger partial charge is 0.304 e. The van der Waals surface area contributed by atoms with Crippen molar-refractivity contribution in [1.29, 1.82) is 0 Å². The molecule has 118 valence electrons. The molecule has 0 radical (unpaired) electrons. The average Bonchev–Trinajstić information content (AvgIpc) is 2.91. The van der Waals surface area contributed by atoms with Crippen LogP contribution in [-0.2, 0) is 17.8 Å². The standard InChI is InChI=1S/C20H17N3O/c1-14-5-7-15(8-6-14)16-10-19-18(22-12-16)11-20(24)23(19)13-17-4-2-3-9-21-17/h2-10,12H,11,13H2,1H3. The van der Waals surface area contributed by atoms with Gasteiger partial charge >= 0.3 is 0 Å². The minimum Gasteiger partial charge on any atom is -0.304 e. The molecule has 0 saturated carbocycles. The number of rotatable bonds is 3. The number of aryl methyl sites for hydroxylation is 1. The van der Waals surface area contributed by atoms with Gasteiger partial charge in [0.2, 0.25) is 5.91 Å². The first kappa shape index (κ1) is 14.6. The minimum atomic E-state index is 0.0733. The molecule has 1 aromatic carbocycles. The van der Waals surface area contributed by atoms with E-state index in [2.05, 4.69) is 47.2 Å². The molecule has 0 fully saturated rings. The van der Waals surface area contributed by atoms with Crippen molar-refractivity contribution < 1.29 is 4.79 Å². The van der Waals surface area contributed by atoms with Crippen LogP contribution in [0.4, 0.5) is 5.69 Å². The molecule has 0 saturated heterocycles. The van der Waals surface area contributed by atoms with Crippen LogP contribution in [0.3, 0.4) is 0 Å². The maximum atomic E-state index is 12.4. The van der Waals surface area contributed by atoms with E-state index < -0.39 is 0 Å². The number of nitrogens with zero attached hydrogens (tertiary/aromatic N) is 3. The lowest BCUT2D eigenvalue weighted by molar-refractivity contribution is -0.117. The highest BCUT2D eigenvalue weighted by molar-refractivity contribution is 6.01. The van der Waals surface area contributed by atoms with E-state index in [0.29, 0.717) is 13.0 Å². The van der Waals surface area contributed by atoms with E-state index in [-0.39, 0.29) is 5.91 Å². The SMILES string of the molecule is Cc1ccc(-c2cnc3c(c2)N(Cc2ccccn2)C(=O)C3)cc1. The monoisotopic (exact) mass is 315 g/mol. The van der Waals surface area contributed by atoms with E-state index in [4.69, 9.17) is 0 Å². The number of pyridine rings is 2. The van der Waals surface area contributed by atoms with Gasteiger partial charge in [0, 0.05) is 18.0 Å². The first-order valence-corrected chi connectivity index (χ1v) is 7.97. The summed E-state index contributed by atoms with van der Waals surface area (Å²) in [5, 5.41) is 0. The molecule has 0 N–H and O–H groups in total. The maximum Gasteiger partial charge on any atom is 0.233 e. The Morgan fingerprint density at radius 3 is 2.62 bits per heavy atom. The minimum absolute atomic E-state index is 0.0733. The number of carbonyl (C=O) groups is 1. The van der Waals surface area contributed by atoms with Crippen LogP contribution in [0.5, 0.6) is 0 Å². The molecule has 0 atom stereocenters. The van der Waals surface area contributed by atoms with Crippen LogP contribution in [0.1, 0.15) is 17.0 Å². The summed E-state index contributed by atoms with van der Waals surface area (Å²) in [7, 11) is 0. The number of amides is 1. The number of hydrogen-bond acceptors (Lipinski definition) is 3. The lowest BCUT2D eigenvalue weighted by atomic mass is 10.1. The Balaban J connectivity index is 1.70. The van der Waals surface area contributed by atoms with E-state index in [1.165, 1.54) is 5.56 Å². The number of carbonyl (C=O) groups excluding carboxylic acids is 1. The number of fused-ring (bicyclic) bond motifs is 1. The van der Waals surface area contributed by atoms with Crippen molar-refractivity contribution >= 4 is 11.6 Å². The van der Waals surface area contributed by atoms with Crippen LogP contribution in [0.25, 0.3) is 11.1 Å². The summed E-state index contributed by atoms with van der Waals surface area (Å²) in [6.07, 6.45) is 3.95. The van der Waals surface area contributed by atoms with Gasteiger partial charge in [0.1, 0.15) is 0 Å². The van der Waals surface area contributed by atoms with Gasteiger partial charge in [0.25, 0.3) is 0 Å². The first-order chi connectivity index (χ1) is 11.7. The molecule has 1 amide bonds. The zero-order valence-electron chi connectivity index (χ0n) is 13.4. The lowest BCUT2D eigenvalue weighted by Gasteiger charge is -2.17. The molecule has 4 rings (SSSR count). The van der Waals surface area contributed by atoms with Crippen molar-refractivity contribution in [1.82, 2.24) is 9.97 Å². The molecular weight excluding hydrogens is 298 g/mol. The second-order valence-electron chi connectivity index (χ2n) is 6.03. The third-order valence-corrected chi connectivity index (χ3v) is 4.29. The second-order valence-corrected chi connectivity index (χ2v) is 6.03. The van der Waals surface area contributed by atoms with Gasteiger partial charge in [0.05, 0.1) is 30.0 Å². The van der Waals surface area contributed by atoms with Crippen molar-refractivity contribution in [3.05, 3.63) is 77.9 Å². The van der Waals surface area contributed by atoms with Gasteiger partial charge in [-0.05, 0) is 30.7 Å². The van der Waals surface area contributed by atoms with E-state index in [0.717, 1.165) is 28.2 Å². The van der Waals surface area contributed by atoms with Crippen molar-refractivity contribution in [2.45, 2.75) is 19.9 Å². The molecule has 0 aliphatic carbocycles. The highest BCUT2D eigenvalue weighted by Crippen LogP contribution is 2.32. The van der Waals surface area contributed by atoms with Gasteiger partial charge in [-0.2, -0.15) is 0 Å². The third kappa shape index (κ3) is 2.67. The van der Waals surface area contributed by atoms with Gasteiger partial charge in [-0.15, -0.1) is 0 Å². The molecule has 2 aromatic heterocycles. The Hall–Kier alpha value is -3.01. The number of benzene rings is 1. The summed E-state index contributed by atoms with van der Waals surface area (Å²) in [5.74, 6) is 0.0733. The molecule has 0 unspecified atom stereocenters. The number of aromatic nitrogens is 2. The van der Waals surface area contributed by atoms with Gasteiger partial charge in [0.15, 0.2) is 0 Å². The average molecular weight is 315 g/mol. The van der Waals surface area contributed by atoms with Gasteiger partial charge in [-0.1, -0.05) is 35.9 Å². The van der Waals surface area contributed by atoms with Crippen LogP contribution in [-0.4, -0.2) is 15.9 Å². The second kappa shape index (κ2) is 5.89. The molecular formula is C20H17N3O. The molecule has 4 nitrogen and oxygen atoms in total. The van der Waals surface area contributed by atoms with E-state index >= 15 is 0 Å². The molecule has 0 spiro atoms. The first-order valence-electron chi connectivity index (χ1n) is 7.97. The molecule has 1 aliphatic heterocycles. The Kier molecular flexibility index (Phi) is 3.58. The molecule has 24 heavy (non-hydrogen) atoms. The highest BCUT2D eigenvalue weighted by Gasteiger charge is 2.29. The van der Waals surface area contributed by atoms with Gasteiger partial charge in [-0.25, -0.2) is 0 Å². The van der Waals surface area contributed by atoms with Crippen molar-refractivity contribution in [2.24, 2.45) is 0 Å². The van der Waals surface area contributed by atoms with Crippen LogP contribution >= 0.6 is 0 Å². The summed E-state index contributed by atoms with van der Waals surface area (Å²) in [4.78, 5) is 23.0. The zero-order valence-corrected chi connectivity index (χ0v) is 13.4. The fourth-order valence-electron chi connectivity index (χ4n) is 2.96. The topological polar surface area (TPSA) is 46.1 Å². The maximum absolute atomic E-state index is 12.4. The van der Waals surface area contributed by atoms with Crippen LogP contribution < -0.4 is 4.90 Å². The van der Waals surface area contributed by atoms with Crippen molar-refractivity contribution in [3.8, 4) is 11.1 Å². The molecule has 1 aliphatic rings. The Morgan fingerprint density at radius 1 is 1.04 bits per heavy atom. The summed E-state index contributed by atoms with van der Waals surface area (Å²) in [6, 6.07) is 16.1. The highest BCUT2D eigenvalue weighted by atomic mass is 16.2. The molecule has 3 aromatic rings. The van der Waals surface area contributed by atoms with Crippen molar-refractivity contribution in [2.75, 3.05) is 4.90 Å². The van der Waals surface area contributed by atoms with Gasteiger partial charge < -0.3 is 4.90 Å². The van der Waals surface area contributed by atoms with E-state index in [1.54, 1.807) is 11.1 Å². The van der Waals surface area contributed by atoms with Crippen LogP contribution in [0.2, 0.25) is 0 Å². The predicted octanol–water partition coefficient (Wildman–Crippen LogP) is 3.54. The number of hydrogen-bond donors (Lipinski definition) is 0. The molecule has 0 bridgehead atoms. The fraction of sp³-hybridized carbons (Fsp3) is 0.150. The predicted molar refractivity (Wildman–Crippen MR) is 93.5 cm³/mol.